The van der Waals surface area contributed by atoms with E-state index >= 15 is 0 Å². The lowest BCUT2D eigenvalue weighted by Crippen LogP contribution is -2.36. The molecule has 14 nitrogen and oxygen atoms in total. The van der Waals surface area contributed by atoms with E-state index in [0.29, 0.717) is 66.2 Å². The van der Waals surface area contributed by atoms with Crippen LogP contribution in [0.25, 0.3) is 0 Å². The highest BCUT2D eigenvalue weighted by molar-refractivity contribution is 6.15. The van der Waals surface area contributed by atoms with Crippen molar-refractivity contribution in [2.24, 2.45) is 0 Å². The first-order chi connectivity index (χ1) is 34.4. The van der Waals surface area contributed by atoms with Gasteiger partial charge in [0.1, 0.15) is 5.75 Å². The number of amides is 1. The molecule has 2 unspecified atom stereocenters. The first-order valence-electron chi connectivity index (χ1n) is 23.7. The van der Waals surface area contributed by atoms with E-state index in [1.54, 1.807) is 123 Å². The van der Waals surface area contributed by atoms with Crippen molar-refractivity contribution in [2.45, 2.75) is 32.5 Å². The van der Waals surface area contributed by atoms with Gasteiger partial charge in [-0.3, -0.25) is 24.1 Å². The number of benzene rings is 6. The summed E-state index contributed by atoms with van der Waals surface area (Å²) in [5, 5.41) is 55.3. The van der Waals surface area contributed by atoms with Crippen LogP contribution in [0.15, 0.2) is 164 Å². The largest absolute Gasteiger partial charge is 0.494 e. The molecule has 6 rings (SSSR count). The third-order valence-corrected chi connectivity index (χ3v) is 10.8. The second-order valence-electron chi connectivity index (χ2n) is 16.5. The Morgan fingerprint density at radius 1 is 0.451 bits per heavy atom. The smallest absolute Gasteiger partial charge is 0.254 e. The van der Waals surface area contributed by atoms with E-state index in [1.165, 1.54) is 4.90 Å². The van der Waals surface area contributed by atoms with Crippen molar-refractivity contribution in [3.8, 4) is 5.75 Å². The van der Waals surface area contributed by atoms with Gasteiger partial charge in [-0.2, -0.15) is 0 Å². The predicted octanol–water partition coefficient (Wildman–Crippen LogP) is 5.80. The quantitative estimate of drug-likeness (QED) is 0.0297. The molecule has 0 bridgehead atoms. The SMILES string of the molecule is CC(O)CN(CC(C)O)c1ccc(C(=O)c2ccccc2)cc1.O=C(c1ccccc1)c1ccc(OCCCN(CCO)CCO)cc1.O=C(c1ccccc1)c1ccccc1C(=O)N(CCO)CCO. The van der Waals surface area contributed by atoms with Crippen molar-refractivity contribution in [2.75, 3.05) is 83.7 Å². The van der Waals surface area contributed by atoms with E-state index in [0.717, 1.165) is 24.4 Å². The van der Waals surface area contributed by atoms with Crippen LogP contribution in [0.4, 0.5) is 5.69 Å². The normalized spacial score (nSPS) is 11.5. The molecule has 6 aromatic rings. The van der Waals surface area contributed by atoms with Gasteiger partial charge in [0.05, 0.1) is 50.8 Å². The Balaban J connectivity index is 0.000000232. The van der Waals surface area contributed by atoms with Crippen molar-refractivity contribution in [1.29, 1.82) is 0 Å². The summed E-state index contributed by atoms with van der Waals surface area (Å²) in [4.78, 5) is 55.2. The lowest BCUT2D eigenvalue weighted by atomic mass is 9.97. The summed E-state index contributed by atoms with van der Waals surface area (Å²) in [6, 6.07) is 48.1. The van der Waals surface area contributed by atoms with Crippen LogP contribution in [0.3, 0.4) is 0 Å². The van der Waals surface area contributed by atoms with Gasteiger partial charge in [-0.15, -0.1) is 0 Å². The van der Waals surface area contributed by atoms with Gasteiger partial charge in [-0.25, -0.2) is 0 Å². The molecule has 0 saturated heterocycles. The first-order valence-corrected chi connectivity index (χ1v) is 23.7. The summed E-state index contributed by atoms with van der Waals surface area (Å²) in [6.45, 7) is 6.63. The average Bonchev–Trinajstić information content (AvgIpc) is 3.40. The number of aliphatic hydroxyl groups excluding tert-OH is 6. The summed E-state index contributed by atoms with van der Waals surface area (Å²) in [6.07, 6.45) is -0.205. The van der Waals surface area contributed by atoms with Gasteiger partial charge < -0.3 is 45.2 Å². The number of hydrogen-bond donors (Lipinski definition) is 6. The van der Waals surface area contributed by atoms with Gasteiger partial charge >= 0.3 is 0 Å². The molecular formula is C57H67N3O11. The summed E-state index contributed by atoms with van der Waals surface area (Å²) in [5.41, 5.74) is 4.53. The van der Waals surface area contributed by atoms with Crippen LogP contribution < -0.4 is 9.64 Å². The fourth-order valence-corrected chi connectivity index (χ4v) is 7.40. The van der Waals surface area contributed by atoms with E-state index in [9.17, 15) is 29.4 Å². The van der Waals surface area contributed by atoms with Gasteiger partial charge in [0.25, 0.3) is 5.91 Å². The molecule has 0 radical (unpaired) electrons. The average molecular weight is 970 g/mol. The molecule has 6 N–H and O–H groups in total. The van der Waals surface area contributed by atoms with E-state index in [1.807, 2.05) is 64.4 Å². The highest BCUT2D eigenvalue weighted by atomic mass is 16.5. The number of hydrogen-bond acceptors (Lipinski definition) is 13. The zero-order valence-corrected chi connectivity index (χ0v) is 40.5. The Morgan fingerprint density at radius 3 is 1.25 bits per heavy atom. The molecule has 0 aliphatic carbocycles. The van der Waals surface area contributed by atoms with Gasteiger partial charge in [-0.05, 0) is 74.9 Å². The molecule has 376 valence electrons. The van der Waals surface area contributed by atoms with E-state index in [-0.39, 0.29) is 68.3 Å². The Kier molecular flexibility index (Phi) is 25.1. The molecular weight excluding hydrogens is 903 g/mol. The Hall–Kier alpha value is -6.88. The number of anilines is 1. The number of ether oxygens (including phenoxy) is 1. The molecule has 2 atom stereocenters. The fraction of sp³-hybridized carbons (Fsp3) is 0.298. The third-order valence-electron chi connectivity index (χ3n) is 10.8. The molecule has 6 aromatic carbocycles. The standard InChI is InChI=1S/C20H25NO4.C19H23NO3.C18H19NO4/c22-14-12-21(13-15-23)11-4-16-25-19-9-7-18(8-10-19)20(24)17-5-2-1-3-6-17;1-14(21)12-20(13-15(2)22)18-10-8-17(9-11-18)19(23)16-6-4-3-5-7-16;20-12-10-19(11-13-21)18(23)16-9-5-4-8-15(16)17(22)14-6-2-1-3-7-14/h1-3,5-10,22-23H,4,11-16H2;3-11,14-15,21-22H,12-13H2,1-2H3;1-9,20-21H,10-13H2. The van der Waals surface area contributed by atoms with Gasteiger partial charge in [0.15, 0.2) is 17.3 Å². The summed E-state index contributed by atoms with van der Waals surface area (Å²) in [5.74, 6) is 0.0847. The maximum Gasteiger partial charge on any atom is 0.254 e. The van der Waals surface area contributed by atoms with Gasteiger partial charge in [-0.1, -0.05) is 109 Å². The number of ketones is 3. The Morgan fingerprint density at radius 2 is 0.831 bits per heavy atom. The number of carbonyl (C=O) groups is 4. The second-order valence-corrected chi connectivity index (χ2v) is 16.5. The van der Waals surface area contributed by atoms with Crippen LogP contribution in [-0.4, -0.2) is 155 Å². The van der Waals surface area contributed by atoms with E-state index in [2.05, 4.69) is 0 Å². The molecule has 0 heterocycles. The molecule has 0 saturated carbocycles. The molecule has 0 fully saturated rings. The maximum absolute atomic E-state index is 12.6. The maximum atomic E-state index is 12.6. The van der Waals surface area contributed by atoms with Crippen molar-refractivity contribution in [3.05, 3.63) is 203 Å². The molecule has 0 aromatic heterocycles. The van der Waals surface area contributed by atoms with Crippen LogP contribution >= 0.6 is 0 Å². The summed E-state index contributed by atoms with van der Waals surface area (Å²) in [7, 11) is 0. The van der Waals surface area contributed by atoms with Crippen LogP contribution in [0.2, 0.25) is 0 Å². The monoisotopic (exact) mass is 969 g/mol. The van der Waals surface area contributed by atoms with Crippen LogP contribution in [0, 0.1) is 0 Å². The summed E-state index contributed by atoms with van der Waals surface area (Å²) >= 11 is 0. The third kappa shape index (κ3) is 19.1. The Labute approximate surface area is 416 Å². The molecule has 0 aliphatic heterocycles. The highest BCUT2D eigenvalue weighted by Gasteiger charge is 2.22. The topological polar surface area (TPSA) is 209 Å². The highest BCUT2D eigenvalue weighted by Crippen LogP contribution is 2.20. The number of aliphatic hydroxyl groups is 6. The first kappa shape index (κ1) is 56.7. The van der Waals surface area contributed by atoms with Crippen LogP contribution in [0.1, 0.15) is 78.4 Å². The molecule has 14 heteroatoms. The zero-order chi connectivity index (χ0) is 51.4. The van der Waals surface area contributed by atoms with Gasteiger partial charge in [0, 0.05) is 84.9 Å². The number of rotatable bonds is 25. The molecule has 1 amide bonds. The lowest BCUT2D eigenvalue weighted by molar-refractivity contribution is 0.0681. The second kappa shape index (κ2) is 31.4. The van der Waals surface area contributed by atoms with E-state index < -0.39 is 12.2 Å². The van der Waals surface area contributed by atoms with Crippen LogP contribution in [0.5, 0.6) is 5.75 Å². The number of nitrogens with zero attached hydrogens (tertiary/aromatic N) is 3. The fourth-order valence-electron chi connectivity index (χ4n) is 7.40. The summed E-state index contributed by atoms with van der Waals surface area (Å²) < 4.78 is 5.69. The minimum absolute atomic E-state index is 0.00389. The minimum Gasteiger partial charge on any atom is -0.494 e. The van der Waals surface area contributed by atoms with Gasteiger partial charge in [0.2, 0.25) is 0 Å². The van der Waals surface area contributed by atoms with Crippen molar-refractivity contribution < 1.29 is 54.6 Å². The van der Waals surface area contributed by atoms with Crippen molar-refractivity contribution in [3.63, 3.8) is 0 Å². The molecule has 71 heavy (non-hydrogen) atoms. The predicted molar refractivity (Wildman–Crippen MR) is 275 cm³/mol. The molecule has 0 spiro atoms. The minimum atomic E-state index is -0.501. The van der Waals surface area contributed by atoms with Crippen molar-refractivity contribution in [1.82, 2.24) is 9.80 Å². The lowest BCUT2D eigenvalue weighted by Gasteiger charge is -2.27. The van der Waals surface area contributed by atoms with Crippen LogP contribution in [-0.2, 0) is 0 Å². The van der Waals surface area contributed by atoms with Crippen molar-refractivity contribution >= 4 is 28.9 Å². The zero-order valence-electron chi connectivity index (χ0n) is 40.5. The number of carbonyl (C=O) groups excluding carboxylic acids is 4. The van der Waals surface area contributed by atoms with E-state index in [4.69, 9.17) is 25.2 Å². The molecule has 0 aliphatic rings. The Bertz CT molecular complexity index is 2450.